The van der Waals surface area contributed by atoms with E-state index in [1.54, 1.807) is 0 Å². The molecule has 0 aromatic heterocycles. The molecule has 4 nitrogen and oxygen atoms in total. The summed E-state index contributed by atoms with van der Waals surface area (Å²) in [6.07, 6.45) is 9.87. The largest absolute Gasteiger partial charge is 0.330 e. The van der Waals surface area contributed by atoms with Crippen LogP contribution < -0.4 is 22.9 Å². The van der Waals surface area contributed by atoms with Crippen LogP contribution in [0.15, 0.2) is 0 Å². The molecule has 0 bridgehead atoms. The van der Waals surface area contributed by atoms with Crippen molar-refractivity contribution in [2.45, 2.75) is 79.1 Å². The lowest BCUT2D eigenvalue weighted by Crippen LogP contribution is -2.16. The van der Waals surface area contributed by atoms with E-state index in [2.05, 4.69) is 27.7 Å². The molecule has 0 saturated carbocycles. The minimum Gasteiger partial charge on any atom is -0.330 e. The summed E-state index contributed by atoms with van der Waals surface area (Å²) < 4.78 is 0. The van der Waals surface area contributed by atoms with Crippen LogP contribution in [0.1, 0.15) is 79.1 Å². The summed E-state index contributed by atoms with van der Waals surface area (Å²) in [5, 5.41) is 0. The predicted octanol–water partition coefficient (Wildman–Crippen LogP) is 3.47. The van der Waals surface area contributed by atoms with E-state index in [-0.39, 0.29) is 0 Å². The maximum absolute atomic E-state index is 5.64. The zero-order chi connectivity index (χ0) is 18.8. The van der Waals surface area contributed by atoms with Gasteiger partial charge in [-0.3, -0.25) is 0 Å². The molecule has 4 unspecified atom stereocenters. The van der Waals surface area contributed by atoms with E-state index in [4.69, 9.17) is 22.9 Å². The zero-order valence-corrected chi connectivity index (χ0v) is 17.1. The van der Waals surface area contributed by atoms with Crippen molar-refractivity contribution in [2.24, 2.45) is 46.6 Å². The van der Waals surface area contributed by atoms with Gasteiger partial charge in [0.2, 0.25) is 0 Å². The Morgan fingerprint density at radius 1 is 0.625 bits per heavy atom. The highest BCUT2D eigenvalue weighted by atomic mass is 14.5. The fourth-order valence-corrected chi connectivity index (χ4v) is 3.14. The summed E-state index contributed by atoms with van der Waals surface area (Å²) in [5.74, 6) is 3.03. The van der Waals surface area contributed by atoms with Crippen LogP contribution in [0.2, 0.25) is 0 Å². The first-order chi connectivity index (χ1) is 11.5. The monoisotopic (exact) mass is 344 g/mol. The SMILES string of the molecule is CCC(CCCN)CC(C)CN.CCC(CN)CC(C)CCCN. The van der Waals surface area contributed by atoms with Crippen molar-refractivity contribution in [1.29, 1.82) is 0 Å². The van der Waals surface area contributed by atoms with E-state index in [1.165, 1.54) is 38.5 Å². The van der Waals surface area contributed by atoms with Crippen molar-refractivity contribution in [2.75, 3.05) is 26.2 Å². The van der Waals surface area contributed by atoms with E-state index in [1.807, 2.05) is 0 Å². The molecule has 0 aromatic carbocycles. The van der Waals surface area contributed by atoms with E-state index in [9.17, 15) is 0 Å². The molecule has 0 fully saturated rings. The van der Waals surface area contributed by atoms with Crippen LogP contribution in [0, 0.1) is 23.7 Å². The van der Waals surface area contributed by atoms with Gasteiger partial charge in [-0.25, -0.2) is 0 Å². The van der Waals surface area contributed by atoms with Crippen molar-refractivity contribution in [3.63, 3.8) is 0 Å². The molecular weight excluding hydrogens is 296 g/mol. The molecule has 0 aliphatic carbocycles. The first kappa shape index (κ1) is 26.1. The first-order valence-electron chi connectivity index (χ1n) is 10.3. The minimum absolute atomic E-state index is 0.674. The summed E-state index contributed by atoms with van der Waals surface area (Å²) in [6, 6.07) is 0. The molecule has 0 radical (unpaired) electrons. The zero-order valence-electron chi connectivity index (χ0n) is 17.1. The Labute approximate surface area is 152 Å². The van der Waals surface area contributed by atoms with Gasteiger partial charge in [0.05, 0.1) is 0 Å². The number of hydrogen-bond acceptors (Lipinski definition) is 4. The molecule has 0 heterocycles. The lowest BCUT2D eigenvalue weighted by molar-refractivity contribution is 0.359. The molecule has 0 spiro atoms. The molecule has 0 aliphatic heterocycles. The highest BCUT2D eigenvalue weighted by Crippen LogP contribution is 2.19. The molecule has 8 N–H and O–H groups in total. The van der Waals surface area contributed by atoms with Gasteiger partial charge >= 0.3 is 0 Å². The second kappa shape index (κ2) is 19.2. The highest BCUT2D eigenvalue weighted by Gasteiger charge is 2.10. The number of nitrogens with two attached hydrogens (primary N) is 4. The maximum atomic E-state index is 5.64. The van der Waals surface area contributed by atoms with Crippen LogP contribution in [-0.2, 0) is 0 Å². The van der Waals surface area contributed by atoms with Crippen LogP contribution in [0.3, 0.4) is 0 Å². The van der Waals surface area contributed by atoms with Crippen LogP contribution in [-0.4, -0.2) is 26.2 Å². The van der Waals surface area contributed by atoms with Crippen LogP contribution >= 0.6 is 0 Å². The molecule has 0 aromatic rings. The van der Waals surface area contributed by atoms with Gasteiger partial charge in [0.25, 0.3) is 0 Å². The van der Waals surface area contributed by atoms with Gasteiger partial charge < -0.3 is 22.9 Å². The average molecular weight is 345 g/mol. The highest BCUT2D eigenvalue weighted by molar-refractivity contribution is 4.64. The Kier molecular flexibility index (Phi) is 20.8. The lowest BCUT2D eigenvalue weighted by Gasteiger charge is -2.17. The van der Waals surface area contributed by atoms with Gasteiger partial charge in [-0.15, -0.1) is 0 Å². The van der Waals surface area contributed by atoms with E-state index in [0.717, 1.165) is 56.8 Å². The second-order valence-electron chi connectivity index (χ2n) is 7.56. The van der Waals surface area contributed by atoms with Crippen LogP contribution in [0.25, 0.3) is 0 Å². The van der Waals surface area contributed by atoms with E-state index in [0.29, 0.717) is 5.92 Å². The quantitative estimate of drug-likeness (QED) is 0.387. The van der Waals surface area contributed by atoms with Gasteiger partial charge in [0, 0.05) is 0 Å². The van der Waals surface area contributed by atoms with Gasteiger partial charge in [0.1, 0.15) is 0 Å². The standard InChI is InChI=1S/2C10H24N2/c1-3-10(5-4-6-11)7-9(2)8-12;1-3-10(8-12)7-9(2)5-4-6-11/h2*9-10H,3-8,11-12H2,1-2H3. The third-order valence-electron chi connectivity index (χ3n) is 5.08. The van der Waals surface area contributed by atoms with Crippen molar-refractivity contribution in [3.05, 3.63) is 0 Å². The van der Waals surface area contributed by atoms with E-state index >= 15 is 0 Å². The molecule has 4 atom stereocenters. The molecule has 4 heteroatoms. The van der Waals surface area contributed by atoms with Crippen molar-refractivity contribution in [3.8, 4) is 0 Å². The molecule has 0 saturated heterocycles. The smallest absolute Gasteiger partial charge is 0.00489 e. The van der Waals surface area contributed by atoms with Crippen molar-refractivity contribution in [1.82, 2.24) is 0 Å². The normalized spacial score (nSPS) is 16.0. The van der Waals surface area contributed by atoms with Crippen LogP contribution in [0.5, 0.6) is 0 Å². The van der Waals surface area contributed by atoms with Gasteiger partial charge in [-0.2, -0.15) is 0 Å². The fraction of sp³-hybridized carbons (Fsp3) is 1.00. The summed E-state index contributed by atoms with van der Waals surface area (Å²) in [4.78, 5) is 0. The fourth-order valence-electron chi connectivity index (χ4n) is 3.14. The lowest BCUT2D eigenvalue weighted by atomic mass is 9.90. The van der Waals surface area contributed by atoms with Gasteiger partial charge in [-0.05, 0) is 88.4 Å². The Hall–Kier alpha value is -0.160. The van der Waals surface area contributed by atoms with Crippen molar-refractivity contribution < 1.29 is 0 Å². The average Bonchev–Trinajstić information content (AvgIpc) is 2.61. The Bertz CT molecular complexity index is 232. The third-order valence-corrected chi connectivity index (χ3v) is 5.08. The molecule has 0 rings (SSSR count). The molecule has 148 valence electrons. The van der Waals surface area contributed by atoms with Gasteiger partial charge in [0.15, 0.2) is 0 Å². The number of hydrogen-bond donors (Lipinski definition) is 4. The summed E-state index contributed by atoms with van der Waals surface area (Å²) in [6.45, 7) is 12.3. The second-order valence-corrected chi connectivity index (χ2v) is 7.56. The summed E-state index contributed by atoms with van der Waals surface area (Å²) in [5.41, 5.74) is 22.1. The Morgan fingerprint density at radius 2 is 1.12 bits per heavy atom. The minimum atomic E-state index is 0.674. The number of rotatable bonds is 14. The van der Waals surface area contributed by atoms with E-state index < -0.39 is 0 Å². The summed E-state index contributed by atoms with van der Waals surface area (Å²) in [7, 11) is 0. The Morgan fingerprint density at radius 3 is 1.54 bits per heavy atom. The predicted molar refractivity (Wildman–Crippen MR) is 110 cm³/mol. The molecule has 24 heavy (non-hydrogen) atoms. The van der Waals surface area contributed by atoms with Crippen LogP contribution in [0.4, 0.5) is 0 Å². The maximum Gasteiger partial charge on any atom is -0.00489 e. The summed E-state index contributed by atoms with van der Waals surface area (Å²) >= 11 is 0. The molecule has 0 aliphatic rings. The van der Waals surface area contributed by atoms with Gasteiger partial charge in [-0.1, -0.05) is 40.5 Å². The topological polar surface area (TPSA) is 104 Å². The van der Waals surface area contributed by atoms with Crippen molar-refractivity contribution >= 4 is 0 Å². The Balaban J connectivity index is 0. The molecule has 0 amide bonds. The first-order valence-corrected chi connectivity index (χ1v) is 10.3. The molecular formula is C20H48N4. The third kappa shape index (κ3) is 16.7.